The molecule has 0 spiro atoms. The third-order valence-corrected chi connectivity index (χ3v) is 3.95. The standard InChI is InChI=1S/C13H11ClN4OS/c1-18-7-6-15-13(18)20-8-11-16-17-12(19-11)9-2-4-10(14)5-3-9/h2-7H,8H2,1H3. The van der Waals surface area contributed by atoms with Gasteiger partial charge < -0.3 is 8.98 Å². The van der Waals surface area contributed by atoms with Crippen LogP contribution < -0.4 is 0 Å². The zero-order valence-corrected chi connectivity index (χ0v) is 12.2. The Bertz CT molecular complexity index is 707. The Balaban J connectivity index is 1.71. The fourth-order valence-corrected chi connectivity index (χ4v) is 2.53. The van der Waals surface area contributed by atoms with Crippen molar-refractivity contribution in [3.05, 3.63) is 47.6 Å². The summed E-state index contributed by atoms with van der Waals surface area (Å²) in [6.07, 6.45) is 3.66. The number of nitrogens with zero attached hydrogens (tertiary/aromatic N) is 4. The van der Waals surface area contributed by atoms with Gasteiger partial charge in [0, 0.05) is 30.0 Å². The van der Waals surface area contributed by atoms with Crippen molar-refractivity contribution in [3.8, 4) is 11.5 Å². The minimum Gasteiger partial charge on any atom is -0.420 e. The van der Waals surface area contributed by atoms with Gasteiger partial charge in [-0.3, -0.25) is 0 Å². The number of rotatable bonds is 4. The smallest absolute Gasteiger partial charge is 0.247 e. The van der Waals surface area contributed by atoms with Crippen LogP contribution in [0.1, 0.15) is 5.89 Å². The molecule has 0 unspecified atom stereocenters. The second-order valence-corrected chi connectivity index (χ2v) is 5.50. The third-order valence-electron chi connectivity index (χ3n) is 2.66. The molecule has 7 heteroatoms. The van der Waals surface area contributed by atoms with E-state index in [0.717, 1.165) is 10.7 Å². The van der Waals surface area contributed by atoms with Gasteiger partial charge in [0.05, 0.1) is 5.75 Å². The third kappa shape index (κ3) is 2.86. The van der Waals surface area contributed by atoms with Crippen LogP contribution in [0.3, 0.4) is 0 Å². The molecule has 3 rings (SSSR count). The van der Waals surface area contributed by atoms with E-state index in [9.17, 15) is 0 Å². The molecule has 0 N–H and O–H groups in total. The maximum absolute atomic E-state index is 5.85. The number of aryl methyl sites for hydroxylation is 1. The molecule has 5 nitrogen and oxygen atoms in total. The highest BCUT2D eigenvalue weighted by Gasteiger charge is 2.10. The number of hydrogen-bond donors (Lipinski definition) is 0. The van der Waals surface area contributed by atoms with Crippen LogP contribution in [-0.4, -0.2) is 19.7 Å². The maximum atomic E-state index is 5.85. The van der Waals surface area contributed by atoms with Crippen molar-refractivity contribution in [1.82, 2.24) is 19.7 Å². The first-order chi connectivity index (χ1) is 9.72. The molecule has 1 aromatic carbocycles. The predicted molar refractivity (Wildman–Crippen MR) is 77.5 cm³/mol. The molecular weight excluding hydrogens is 296 g/mol. The van der Waals surface area contributed by atoms with Crippen LogP contribution in [0.25, 0.3) is 11.5 Å². The SMILES string of the molecule is Cn1ccnc1SCc1nnc(-c2ccc(Cl)cc2)o1. The summed E-state index contributed by atoms with van der Waals surface area (Å²) in [5.74, 6) is 1.66. The highest BCUT2D eigenvalue weighted by molar-refractivity contribution is 7.98. The molecule has 3 aromatic rings. The average Bonchev–Trinajstić information content (AvgIpc) is 3.06. The minimum absolute atomic E-state index is 0.497. The van der Waals surface area contributed by atoms with E-state index in [-0.39, 0.29) is 0 Å². The molecule has 2 heterocycles. The summed E-state index contributed by atoms with van der Waals surface area (Å²) in [5.41, 5.74) is 0.857. The topological polar surface area (TPSA) is 56.7 Å². The molecule has 2 aromatic heterocycles. The minimum atomic E-state index is 0.497. The quantitative estimate of drug-likeness (QED) is 0.691. The van der Waals surface area contributed by atoms with Gasteiger partial charge in [-0.05, 0) is 24.3 Å². The molecule has 0 aliphatic rings. The normalized spacial score (nSPS) is 10.9. The summed E-state index contributed by atoms with van der Waals surface area (Å²) in [7, 11) is 1.95. The molecule has 0 radical (unpaired) electrons. The summed E-state index contributed by atoms with van der Waals surface area (Å²) in [6, 6.07) is 7.30. The Labute approximate surface area is 125 Å². The van der Waals surface area contributed by atoms with Crippen molar-refractivity contribution < 1.29 is 4.42 Å². The summed E-state index contributed by atoms with van der Waals surface area (Å²) in [4.78, 5) is 4.23. The van der Waals surface area contributed by atoms with Crippen LogP contribution in [-0.2, 0) is 12.8 Å². The van der Waals surface area contributed by atoms with E-state index in [0.29, 0.717) is 22.6 Å². The Kier molecular flexibility index (Phi) is 3.75. The summed E-state index contributed by atoms with van der Waals surface area (Å²) in [5, 5.41) is 9.67. The van der Waals surface area contributed by atoms with Gasteiger partial charge >= 0.3 is 0 Å². The highest BCUT2D eigenvalue weighted by Crippen LogP contribution is 2.24. The van der Waals surface area contributed by atoms with Crippen LogP contribution in [0.15, 0.2) is 46.2 Å². The molecule has 0 fully saturated rings. The molecule has 0 amide bonds. The molecule has 102 valence electrons. The van der Waals surface area contributed by atoms with Crippen molar-refractivity contribution in [2.75, 3.05) is 0 Å². The molecule has 0 aliphatic heterocycles. The lowest BCUT2D eigenvalue weighted by Gasteiger charge is -1.98. The number of thioether (sulfide) groups is 1. The van der Waals surface area contributed by atoms with E-state index < -0.39 is 0 Å². The number of hydrogen-bond acceptors (Lipinski definition) is 5. The van der Waals surface area contributed by atoms with Gasteiger partial charge in [0.15, 0.2) is 5.16 Å². The molecule has 0 saturated carbocycles. The van der Waals surface area contributed by atoms with Crippen molar-refractivity contribution in [3.63, 3.8) is 0 Å². The second kappa shape index (κ2) is 5.68. The lowest BCUT2D eigenvalue weighted by atomic mass is 10.2. The second-order valence-electron chi connectivity index (χ2n) is 4.12. The number of aromatic nitrogens is 4. The van der Waals surface area contributed by atoms with E-state index in [2.05, 4.69) is 15.2 Å². The fourth-order valence-electron chi connectivity index (χ4n) is 1.64. The molecule has 0 atom stereocenters. The van der Waals surface area contributed by atoms with Crippen LogP contribution in [0.5, 0.6) is 0 Å². The maximum Gasteiger partial charge on any atom is 0.247 e. The number of imidazole rings is 1. The highest BCUT2D eigenvalue weighted by atomic mass is 35.5. The molecule has 20 heavy (non-hydrogen) atoms. The zero-order chi connectivity index (χ0) is 13.9. The van der Waals surface area contributed by atoms with Crippen LogP contribution in [0.2, 0.25) is 5.02 Å². The Morgan fingerprint density at radius 2 is 2.05 bits per heavy atom. The van der Waals surface area contributed by atoms with Gasteiger partial charge in [-0.25, -0.2) is 4.98 Å². The molecule has 0 bridgehead atoms. The Morgan fingerprint density at radius 3 is 2.75 bits per heavy atom. The van der Waals surface area contributed by atoms with Gasteiger partial charge in [-0.1, -0.05) is 23.4 Å². The fraction of sp³-hybridized carbons (Fsp3) is 0.154. The van der Waals surface area contributed by atoms with E-state index >= 15 is 0 Å². The van der Waals surface area contributed by atoms with Gasteiger partial charge in [-0.15, -0.1) is 10.2 Å². The Hall–Kier alpha value is -1.79. The van der Waals surface area contributed by atoms with E-state index in [4.69, 9.17) is 16.0 Å². The first-order valence-electron chi connectivity index (χ1n) is 5.91. The molecule has 0 saturated heterocycles. The van der Waals surface area contributed by atoms with Crippen molar-refractivity contribution in [1.29, 1.82) is 0 Å². The van der Waals surface area contributed by atoms with Crippen LogP contribution in [0.4, 0.5) is 0 Å². The van der Waals surface area contributed by atoms with Gasteiger partial charge in [-0.2, -0.15) is 0 Å². The predicted octanol–water partition coefficient (Wildman–Crippen LogP) is 3.42. The first-order valence-corrected chi connectivity index (χ1v) is 7.27. The Morgan fingerprint density at radius 1 is 1.25 bits per heavy atom. The molecule has 0 aliphatic carbocycles. The summed E-state index contributed by atoms with van der Waals surface area (Å²) in [6.45, 7) is 0. The largest absolute Gasteiger partial charge is 0.420 e. The van der Waals surface area contributed by atoms with Crippen molar-refractivity contribution >= 4 is 23.4 Å². The zero-order valence-electron chi connectivity index (χ0n) is 10.7. The van der Waals surface area contributed by atoms with Crippen LogP contribution in [0, 0.1) is 0 Å². The van der Waals surface area contributed by atoms with Crippen molar-refractivity contribution in [2.45, 2.75) is 10.9 Å². The van der Waals surface area contributed by atoms with Gasteiger partial charge in [0.1, 0.15) is 0 Å². The molecular formula is C13H11ClN4OS. The monoisotopic (exact) mass is 306 g/mol. The van der Waals surface area contributed by atoms with Gasteiger partial charge in [0.25, 0.3) is 0 Å². The van der Waals surface area contributed by atoms with E-state index in [1.54, 1.807) is 30.1 Å². The lowest BCUT2D eigenvalue weighted by Crippen LogP contribution is -1.89. The lowest BCUT2D eigenvalue weighted by molar-refractivity contribution is 0.528. The number of benzene rings is 1. The van der Waals surface area contributed by atoms with E-state index in [1.807, 2.05) is 29.9 Å². The van der Waals surface area contributed by atoms with E-state index in [1.165, 1.54) is 0 Å². The van der Waals surface area contributed by atoms with Crippen molar-refractivity contribution in [2.24, 2.45) is 7.05 Å². The summed E-state index contributed by atoms with van der Waals surface area (Å²) < 4.78 is 7.57. The first kappa shape index (κ1) is 13.2. The van der Waals surface area contributed by atoms with Gasteiger partial charge in [0.2, 0.25) is 11.8 Å². The average molecular weight is 307 g/mol. The number of halogens is 1. The van der Waals surface area contributed by atoms with Crippen LogP contribution >= 0.6 is 23.4 Å². The summed E-state index contributed by atoms with van der Waals surface area (Å²) >= 11 is 7.40.